The summed E-state index contributed by atoms with van der Waals surface area (Å²) in [4.78, 5) is 34.8. The SMILES string of the molecule is Clc1ncnc2[nH]cc(Br)c12.O=C1Cc2ccc(Nc3ncnc4[nH]cc(Br)c34)cc2S1. The van der Waals surface area contributed by atoms with Crippen LogP contribution in [-0.2, 0) is 11.2 Å². The first-order valence-electron chi connectivity index (χ1n) is 9.21. The van der Waals surface area contributed by atoms with Gasteiger partial charge in [0.2, 0.25) is 0 Å². The van der Waals surface area contributed by atoms with E-state index in [2.05, 4.69) is 67.1 Å². The Balaban J connectivity index is 0.000000165. The van der Waals surface area contributed by atoms with Crippen molar-refractivity contribution in [3.05, 3.63) is 62.9 Å². The van der Waals surface area contributed by atoms with E-state index < -0.39 is 0 Å². The second-order valence-electron chi connectivity index (χ2n) is 6.71. The van der Waals surface area contributed by atoms with Gasteiger partial charge in [0.15, 0.2) is 5.12 Å². The number of fused-ring (bicyclic) bond motifs is 3. The molecule has 32 heavy (non-hydrogen) atoms. The number of carbonyl (C=O) groups excluding carboxylic acids is 1. The zero-order valence-electron chi connectivity index (χ0n) is 16.0. The summed E-state index contributed by atoms with van der Waals surface area (Å²) in [5.74, 6) is 0.724. The Morgan fingerprint density at radius 1 is 0.969 bits per heavy atom. The number of hydrogen-bond donors (Lipinski definition) is 3. The number of aromatic nitrogens is 6. The molecule has 0 saturated carbocycles. The molecule has 3 N–H and O–H groups in total. The van der Waals surface area contributed by atoms with Gasteiger partial charge in [-0.1, -0.05) is 29.4 Å². The van der Waals surface area contributed by atoms with Gasteiger partial charge in [-0.2, -0.15) is 0 Å². The zero-order chi connectivity index (χ0) is 22.2. The number of rotatable bonds is 2. The maximum atomic E-state index is 11.5. The van der Waals surface area contributed by atoms with Gasteiger partial charge in [0.25, 0.3) is 0 Å². The molecule has 0 bridgehead atoms. The number of H-pyrrole nitrogens is 2. The fourth-order valence-corrected chi connectivity index (χ4v) is 5.49. The predicted molar refractivity (Wildman–Crippen MR) is 132 cm³/mol. The van der Waals surface area contributed by atoms with Crippen LogP contribution in [-0.4, -0.2) is 35.0 Å². The van der Waals surface area contributed by atoms with Gasteiger partial charge in [0.1, 0.15) is 34.9 Å². The van der Waals surface area contributed by atoms with Gasteiger partial charge in [0.05, 0.1) is 10.8 Å². The number of nitrogens with zero attached hydrogens (tertiary/aromatic N) is 4. The minimum Gasteiger partial charge on any atom is -0.345 e. The molecule has 1 aliphatic rings. The van der Waals surface area contributed by atoms with Crippen molar-refractivity contribution in [2.24, 2.45) is 0 Å². The van der Waals surface area contributed by atoms with Gasteiger partial charge in [-0.05, 0) is 49.6 Å². The Morgan fingerprint density at radius 3 is 2.41 bits per heavy atom. The number of carbonyl (C=O) groups is 1. The first-order chi connectivity index (χ1) is 15.5. The lowest BCUT2D eigenvalue weighted by Crippen LogP contribution is -1.96. The van der Waals surface area contributed by atoms with Crippen LogP contribution in [0.2, 0.25) is 5.15 Å². The molecule has 4 aromatic heterocycles. The van der Waals surface area contributed by atoms with Gasteiger partial charge in [0, 0.05) is 38.3 Å². The van der Waals surface area contributed by atoms with E-state index in [1.165, 1.54) is 24.4 Å². The monoisotopic (exact) mass is 591 g/mol. The molecular formula is C20H12Br2ClN7OS. The second-order valence-corrected chi connectivity index (χ2v) is 9.87. The number of halogens is 3. The van der Waals surface area contributed by atoms with E-state index in [-0.39, 0.29) is 5.12 Å². The summed E-state index contributed by atoms with van der Waals surface area (Å²) < 4.78 is 1.80. The normalized spacial score (nSPS) is 12.7. The van der Waals surface area contributed by atoms with Gasteiger partial charge >= 0.3 is 0 Å². The highest BCUT2D eigenvalue weighted by molar-refractivity contribution is 9.11. The Kier molecular flexibility index (Phi) is 5.89. The molecule has 0 aliphatic carbocycles. The van der Waals surface area contributed by atoms with E-state index in [0.717, 1.165) is 53.0 Å². The fourth-order valence-electron chi connectivity index (χ4n) is 3.23. The lowest BCUT2D eigenvalue weighted by atomic mass is 10.1. The van der Waals surface area contributed by atoms with Crippen LogP contribution in [0.25, 0.3) is 22.1 Å². The van der Waals surface area contributed by atoms with Crippen molar-refractivity contribution in [3.8, 4) is 0 Å². The Morgan fingerprint density at radius 2 is 1.66 bits per heavy atom. The van der Waals surface area contributed by atoms with Crippen molar-refractivity contribution in [2.45, 2.75) is 11.3 Å². The molecule has 6 rings (SSSR count). The molecule has 0 amide bonds. The standard InChI is InChI=1S/C14H9BrN4OS.C6H3BrClN3/c15-9-5-16-13-12(9)14(18-6-17-13)19-8-2-1-7-3-11(20)21-10(7)4-8;7-3-1-9-6-4(3)5(8)10-2-11-6/h1-2,4-6H,3H2,(H2,16,17,18,19);1-2H,(H,9,10,11). The van der Waals surface area contributed by atoms with Gasteiger partial charge in [-0.15, -0.1) is 0 Å². The third-order valence-corrected chi connectivity index (χ3v) is 7.20. The highest BCUT2D eigenvalue weighted by Crippen LogP contribution is 2.36. The lowest BCUT2D eigenvalue weighted by Gasteiger charge is -2.08. The van der Waals surface area contributed by atoms with E-state index >= 15 is 0 Å². The van der Waals surface area contributed by atoms with Gasteiger partial charge in [-0.25, -0.2) is 19.9 Å². The van der Waals surface area contributed by atoms with Crippen LogP contribution >= 0.6 is 55.2 Å². The largest absolute Gasteiger partial charge is 0.345 e. The smallest absolute Gasteiger partial charge is 0.198 e. The van der Waals surface area contributed by atoms with Crippen LogP contribution in [0, 0.1) is 0 Å². The molecule has 0 spiro atoms. The molecular weight excluding hydrogens is 582 g/mol. The molecule has 0 unspecified atom stereocenters. The molecule has 5 heterocycles. The predicted octanol–water partition coefficient (Wildman–Crippen LogP) is 6.01. The van der Waals surface area contributed by atoms with Crippen LogP contribution in [0.15, 0.2) is 57.1 Å². The number of benzene rings is 1. The van der Waals surface area contributed by atoms with E-state index in [4.69, 9.17) is 11.6 Å². The van der Waals surface area contributed by atoms with Crippen molar-refractivity contribution < 1.29 is 4.79 Å². The van der Waals surface area contributed by atoms with E-state index in [1.54, 1.807) is 6.20 Å². The van der Waals surface area contributed by atoms with E-state index in [9.17, 15) is 4.79 Å². The number of nitrogens with one attached hydrogen (secondary N) is 3. The summed E-state index contributed by atoms with van der Waals surface area (Å²) in [7, 11) is 0. The topological polar surface area (TPSA) is 112 Å². The average Bonchev–Trinajstić information content (AvgIpc) is 3.46. The first kappa shape index (κ1) is 21.4. The van der Waals surface area contributed by atoms with Crippen LogP contribution in [0.5, 0.6) is 0 Å². The molecule has 1 aromatic carbocycles. The molecule has 0 saturated heterocycles. The van der Waals surface area contributed by atoms with Crippen LogP contribution in [0.1, 0.15) is 5.56 Å². The third kappa shape index (κ3) is 4.13. The molecule has 0 radical (unpaired) electrons. The quantitative estimate of drug-likeness (QED) is 0.215. The highest BCUT2D eigenvalue weighted by atomic mass is 79.9. The first-order valence-corrected chi connectivity index (χ1v) is 12.0. The number of anilines is 2. The highest BCUT2D eigenvalue weighted by Gasteiger charge is 2.19. The van der Waals surface area contributed by atoms with Gasteiger partial charge in [-0.3, -0.25) is 4.79 Å². The van der Waals surface area contributed by atoms with Crippen LogP contribution in [0.3, 0.4) is 0 Å². The van der Waals surface area contributed by atoms with Crippen molar-refractivity contribution in [3.63, 3.8) is 0 Å². The minimum atomic E-state index is 0.194. The van der Waals surface area contributed by atoms with Crippen molar-refractivity contribution in [1.29, 1.82) is 0 Å². The molecule has 1 aliphatic heterocycles. The van der Waals surface area contributed by atoms with E-state index in [1.807, 2.05) is 24.4 Å². The van der Waals surface area contributed by atoms with Gasteiger partial charge < -0.3 is 15.3 Å². The third-order valence-electron chi connectivity index (χ3n) is 4.69. The molecule has 8 nitrogen and oxygen atoms in total. The molecule has 5 aromatic rings. The Hall–Kier alpha value is -2.47. The second kappa shape index (κ2) is 8.81. The zero-order valence-corrected chi connectivity index (χ0v) is 20.7. The maximum Gasteiger partial charge on any atom is 0.198 e. The van der Waals surface area contributed by atoms with Crippen molar-refractivity contribution in [1.82, 2.24) is 29.9 Å². The van der Waals surface area contributed by atoms with Crippen LogP contribution in [0.4, 0.5) is 11.5 Å². The maximum absolute atomic E-state index is 11.5. The van der Waals surface area contributed by atoms with Crippen LogP contribution < -0.4 is 5.32 Å². The fraction of sp³-hybridized carbons (Fsp3) is 0.0500. The molecule has 0 atom stereocenters. The van der Waals surface area contributed by atoms with Crippen molar-refractivity contribution >= 4 is 93.9 Å². The summed E-state index contributed by atoms with van der Waals surface area (Å²) in [5, 5.41) is 5.68. The summed E-state index contributed by atoms with van der Waals surface area (Å²) in [6.07, 6.45) is 7.07. The van der Waals surface area contributed by atoms with Crippen molar-refractivity contribution in [2.75, 3.05) is 5.32 Å². The molecule has 0 fully saturated rings. The Bertz CT molecular complexity index is 1490. The van der Waals surface area contributed by atoms with E-state index in [0.29, 0.717) is 11.6 Å². The number of thioether (sulfide) groups is 1. The number of aromatic amines is 2. The average molecular weight is 594 g/mol. The summed E-state index contributed by atoms with van der Waals surface area (Å²) in [5.41, 5.74) is 3.51. The molecule has 12 heteroatoms. The summed E-state index contributed by atoms with van der Waals surface area (Å²) >= 11 is 13.9. The summed E-state index contributed by atoms with van der Waals surface area (Å²) in [6, 6.07) is 5.94. The number of hydrogen-bond acceptors (Lipinski definition) is 7. The Labute approximate surface area is 207 Å². The lowest BCUT2D eigenvalue weighted by molar-refractivity contribution is -0.110. The molecule has 160 valence electrons. The summed E-state index contributed by atoms with van der Waals surface area (Å²) in [6.45, 7) is 0. The minimum absolute atomic E-state index is 0.194.